The molecule has 0 spiro atoms. The molecule has 0 aromatic heterocycles. The number of nitrogens with one attached hydrogen (secondary N) is 1. The molecule has 4 heteroatoms. The Morgan fingerprint density at radius 2 is 2.12 bits per heavy atom. The normalized spacial score (nSPS) is 34.8. The number of rotatable bonds is 3. The zero-order chi connectivity index (χ0) is 12.3. The van der Waals surface area contributed by atoms with E-state index in [4.69, 9.17) is 9.84 Å². The lowest BCUT2D eigenvalue weighted by atomic mass is 9.84. The summed E-state index contributed by atoms with van der Waals surface area (Å²) in [5.41, 5.74) is 0. The number of quaternary nitrogens is 1. The van der Waals surface area contributed by atoms with Crippen LogP contribution in [0.1, 0.15) is 39.0 Å². The van der Waals surface area contributed by atoms with Crippen molar-refractivity contribution in [3.05, 3.63) is 0 Å². The minimum Gasteiger partial charge on any atom is -0.463 e. The molecule has 0 aromatic rings. The Labute approximate surface area is 103 Å². The van der Waals surface area contributed by atoms with E-state index >= 15 is 0 Å². The lowest BCUT2D eigenvalue weighted by molar-refractivity contribution is -0.940. The van der Waals surface area contributed by atoms with Gasteiger partial charge in [0.15, 0.2) is 0 Å². The standard InChI is InChI=1S/C13H23NO3/c1-10(15)13(16)17-9-11-5-4-8-14-7-3-2-6-12(11)14/h10-12,15H,2-9H2,1H3/p+1/t10-,11-,12+/m0/s1. The number of carbonyl (C=O) groups excluding carboxylic acids is 1. The molecule has 2 saturated heterocycles. The predicted octanol–water partition coefficient (Wildman–Crippen LogP) is -0.242. The van der Waals surface area contributed by atoms with Crippen molar-refractivity contribution in [3.63, 3.8) is 0 Å². The van der Waals surface area contributed by atoms with Crippen molar-refractivity contribution in [2.75, 3.05) is 19.7 Å². The lowest BCUT2D eigenvalue weighted by Crippen LogP contribution is -3.18. The third-order valence-electron chi connectivity index (χ3n) is 4.21. The molecule has 0 aromatic carbocycles. The van der Waals surface area contributed by atoms with Gasteiger partial charge in [-0.25, -0.2) is 4.79 Å². The summed E-state index contributed by atoms with van der Waals surface area (Å²) in [6.07, 6.45) is 5.34. The topological polar surface area (TPSA) is 51.0 Å². The molecule has 2 aliphatic heterocycles. The number of hydrogen-bond acceptors (Lipinski definition) is 3. The molecule has 0 bridgehead atoms. The quantitative estimate of drug-likeness (QED) is 0.672. The summed E-state index contributed by atoms with van der Waals surface area (Å²) in [7, 11) is 0. The van der Waals surface area contributed by atoms with E-state index in [1.54, 1.807) is 4.90 Å². The first-order valence-electron chi connectivity index (χ1n) is 6.88. The van der Waals surface area contributed by atoms with E-state index in [0.717, 1.165) is 0 Å². The molecule has 0 amide bonds. The molecule has 4 atom stereocenters. The summed E-state index contributed by atoms with van der Waals surface area (Å²) in [5.74, 6) is 0.0229. The number of ether oxygens (including phenoxy) is 1. The number of hydrogen-bond donors (Lipinski definition) is 2. The van der Waals surface area contributed by atoms with E-state index in [1.165, 1.54) is 52.1 Å². The Hall–Kier alpha value is -0.610. The maximum atomic E-state index is 11.3. The Bertz CT molecular complexity index is 265. The SMILES string of the molecule is C[C@H](O)C(=O)OC[C@@H]1CCC[NH+]2CCCC[C@H]12. The molecule has 2 heterocycles. The number of carbonyl (C=O) groups is 1. The van der Waals surface area contributed by atoms with Crippen LogP contribution in [-0.4, -0.2) is 42.9 Å². The highest BCUT2D eigenvalue weighted by Gasteiger charge is 2.37. The van der Waals surface area contributed by atoms with Gasteiger partial charge in [-0.3, -0.25) is 0 Å². The number of aliphatic hydroxyl groups excluding tert-OH is 1. The summed E-state index contributed by atoms with van der Waals surface area (Å²) in [4.78, 5) is 13.0. The van der Waals surface area contributed by atoms with E-state index < -0.39 is 12.1 Å². The van der Waals surface area contributed by atoms with Crippen LogP contribution in [0.5, 0.6) is 0 Å². The van der Waals surface area contributed by atoms with Gasteiger partial charge in [0.25, 0.3) is 0 Å². The Morgan fingerprint density at radius 1 is 1.35 bits per heavy atom. The second-order valence-corrected chi connectivity index (χ2v) is 5.47. The molecule has 17 heavy (non-hydrogen) atoms. The number of fused-ring (bicyclic) bond motifs is 1. The Kier molecular flexibility index (Phi) is 4.40. The minimum atomic E-state index is -0.992. The van der Waals surface area contributed by atoms with Crippen molar-refractivity contribution in [3.8, 4) is 0 Å². The highest BCUT2D eigenvalue weighted by molar-refractivity contribution is 5.73. The number of aliphatic hydroxyl groups is 1. The van der Waals surface area contributed by atoms with Crippen molar-refractivity contribution in [1.82, 2.24) is 0 Å². The number of piperidine rings is 2. The van der Waals surface area contributed by atoms with Crippen LogP contribution in [-0.2, 0) is 9.53 Å². The van der Waals surface area contributed by atoms with E-state index in [1.807, 2.05) is 0 Å². The van der Waals surface area contributed by atoms with Crippen molar-refractivity contribution < 1.29 is 19.5 Å². The molecular formula is C13H24NO3+. The van der Waals surface area contributed by atoms with Gasteiger partial charge in [-0.15, -0.1) is 0 Å². The molecule has 2 fully saturated rings. The molecule has 1 unspecified atom stereocenters. The highest BCUT2D eigenvalue weighted by atomic mass is 16.5. The molecule has 0 saturated carbocycles. The zero-order valence-electron chi connectivity index (χ0n) is 10.7. The average Bonchev–Trinajstić information content (AvgIpc) is 2.35. The van der Waals surface area contributed by atoms with E-state index in [-0.39, 0.29) is 0 Å². The minimum absolute atomic E-state index is 0.479. The second kappa shape index (κ2) is 5.83. The van der Waals surface area contributed by atoms with Gasteiger partial charge < -0.3 is 14.7 Å². The third kappa shape index (κ3) is 3.19. The predicted molar refractivity (Wildman–Crippen MR) is 63.7 cm³/mol. The van der Waals surface area contributed by atoms with Crippen molar-refractivity contribution in [1.29, 1.82) is 0 Å². The van der Waals surface area contributed by atoms with Crippen LogP contribution >= 0.6 is 0 Å². The molecule has 2 rings (SSSR count). The fourth-order valence-corrected chi connectivity index (χ4v) is 3.29. The summed E-state index contributed by atoms with van der Waals surface area (Å²) >= 11 is 0. The zero-order valence-corrected chi connectivity index (χ0v) is 10.7. The smallest absolute Gasteiger partial charge is 0.334 e. The van der Waals surface area contributed by atoms with E-state index in [0.29, 0.717) is 18.6 Å². The Balaban J connectivity index is 1.84. The molecule has 4 nitrogen and oxygen atoms in total. The first-order chi connectivity index (χ1) is 8.18. The first kappa shape index (κ1) is 12.8. The van der Waals surface area contributed by atoms with Crippen molar-refractivity contribution >= 4 is 5.97 Å². The molecular weight excluding hydrogens is 218 g/mol. The van der Waals surface area contributed by atoms with Crippen LogP contribution in [0.25, 0.3) is 0 Å². The summed E-state index contributed by atoms with van der Waals surface area (Å²) in [6.45, 7) is 4.52. The van der Waals surface area contributed by atoms with E-state index in [9.17, 15) is 4.79 Å². The van der Waals surface area contributed by atoms with Gasteiger partial charge in [0.05, 0.1) is 25.7 Å². The first-order valence-corrected chi connectivity index (χ1v) is 6.88. The monoisotopic (exact) mass is 242 g/mol. The Morgan fingerprint density at radius 3 is 2.88 bits per heavy atom. The van der Waals surface area contributed by atoms with Crippen LogP contribution in [0.4, 0.5) is 0 Å². The van der Waals surface area contributed by atoms with Crippen molar-refractivity contribution in [2.24, 2.45) is 5.92 Å². The van der Waals surface area contributed by atoms with Crippen molar-refractivity contribution in [2.45, 2.75) is 51.2 Å². The third-order valence-corrected chi connectivity index (χ3v) is 4.21. The summed E-state index contributed by atoms with van der Waals surface area (Å²) < 4.78 is 5.19. The summed E-state index contributed by atoms with van der Waals surface area (Å²) in [6, 6.07) is 0.680. The second-order valence-electron chi connectivity index (χ2n) is 5.47. The fourth-order valence-electron chi connectivity index (χ4n) is 3.29. The largest absolute Gasteiger partial charge is 0.463 e. The lowest BCUT2D eigenvalue weighted by Gasteiger charge is -2.41. The van der Waals surface area contributed by atoms with Gasteiger partial charge in [-0.05, 0) is 39.0 Å². The van der Waals surface area contributed by atoms with Crippen LogP contribution in [0.15, 0.2) is 0 Å². The van der Waals surface area contributed by atoms with E-state index in [2.05, 4.69) is 0 Å². The summed E-state index contributed by atoms with van der Waals surface area (Å²) in [5, 5.41) is 9.10. The van der Waals surface area contributed by atoms with Crippen LogP contribution < -0.4 is 4.90 Å². The highest BCUT2D eigenvalue weighted by Crippen LogP contribution is 2.20. The van der Waals surface area contributed by atoms with Gasteiger partial charge in [-0.1, -0.05) is 0 Å². The molecule has 2 N–H and O–H groups in total. The fraction of sp³-hybridized carbons (Fsp3) is 0.923. The average molecular weight is 242 g/mol. The maximum Gasteiger partial charge on any atom is 0.334 e. The van der Waals surface area contributed by atoms with Crippen LogP contribution in [0.2, 0.25) is 0 Å². The molecule has 98 valence electrons. The number of esters is 1. The molecule has 2 aliphatic rings. The van der Waals surface area contributed by atoms with Gasteiger partial charge in [0.1, 0.15) is 6.10 Å². The van der Waals surface area contributed by atoms with Crippen LogP contribution in [0.3, 0.4) is 0 Å². The van der Waals surface area contributed by atoms with Gasteiger partial charge >= 0.3 is 5.97 Å². The van der Waals surface area contributed by atoms with Gasteiger partial charge in [0.2, 0.25) is 0 Å². The van der Waals surface area contributed by atoms with Gasteiger partial charge in [-0.2, -0.15) is 0 Å². The molecule has 0 aliphatic carbocycles. The molecule has 0 radical (unpaired) electrons. The van der Waals surface area contributed by atoms with Gasteiger partial charge in [0, 0.05) is 5.92 Å². The van der Waals surface area contributed by atoms with Crippen LogP contribution in [0, 0.1) is 5.92 Å². The maximum absolute atomic E-state index is 11.3.